The van der Waals surface area contributed by atoms with Gasteiger partial charge in [-0.1, -0.05) is 0 Å². The number of nitrogens with one attached hydrogen (secondary N) is 1. The predicted molar refractivity (Wildman–Crippen MR) is 103 cm³/mol. The van der Waals surface area contributed by atoms with E-state index in [2.05, 4.69) is 20.6 Å². The molecule has 10 nitrogen and oxygen atoms in total. The van der Waals surface area contributed by atoms with Crippen LogP contribution in [0.25, 0.3) is 5.65 Å². The van der Waals surface area contributed by atoms with E-state index < -0.39 is 17.8 Å². The van der Waals surface area contributed by atoms with Crippen LogP contribution in [0, 0.1) is 5.41 Å². The second-order valence-corrected chi connectivity index (χ2v) is 8.28. The van der Waals surface area contributed by atoms with E-state index in [0.29, 0.717) is 43.8 Å². The standard InChI is InChI=1S/C19H18F3N7O3/c1-27-2-3-29-15(27)13(8-24-29)16(30)28-9-18(10-28)5-12(6-18)32-17(31)25-14-4-11(7-23-26-14)19(20,21)22/h2-4,7-8,12H,5-6,9-10H2,1H3,(H,25,26,31). The Morgan fingerprint density at radius 1 is 1.22 bits per heavy atom. The summed E-state index contributed by atoms with van der Waals surface area (Å²) >= 11 is 0. The maximum atomic E-state index is 12.8. The minimum absolute atomic E-state index is 0.0994. The van der Waals surface area contributed by atoms with Gasteiger partial charge in [0.25, 0.3) is 5.91 Å². The highest BCUT2D eigenvalue weighted by atomic mass is 19.4. The van der Waals surface area contributed by atoms with E-state index in [-0.39, 0.29) is 23.2 Å². The van der Waals surface area contributed by atoms with Gasteiger partial charge in [-0.25, -0.2) is 9.31 Å². The van der Waals surface area contributed by atoms with Gasteiger partial charge in [0.2, 0.25) is 0 Å². The lowest BCUT2D eigenvalue weighted by Gasteiger charge is -2.58. The Balaban J connectivity index is 1.12. The molecule has 1 N–H and O–H groups in total. The first-order chi connectivity index (χ1) is 15.1. The van der Waals surface area contributed by atoms with Gasteiger partial charge in [-0.3, -0.25) is 10.1 Å². The lowest BCUT2D eigenvalue weighted by atomic mass is 9.61. The molecule has 3 aromatic rings. The van der Waals surface area contributed by atoms with E-state index in [0.717, 1.165) is 5.65 Å². The van der Waals surface area contributed by atoms with Crippen LogP contribution in [0.3, 0.4) is 0 Å². The molecule has 2 aliphatic rings. The Labute approximate surface area is 179 Å². The lowest BCUT2D eigenvalue weighted by Crippen LogP contribution is -2.65. The van der Waals surface area contributed by atoms with Crippen LogP contribution in [0.15, 0.2) is 30.9 Å². The molecule has 4 heterocycles. The third kappa shape index (κ3) is 3.42. The van der Waals surface area contributed by atoms with Crippen molar-refractivity contribution < 1.29 is 27.5 Å². The summed E-state index contributed by atoms with van der Waals surface area (Å²) in [5.74, 6) is -0.440. The monoisotopic (exact) mass is 449 g/mol. The van der Waals surface area contributed by atoms with Crippen molar-refractivity contribution >= 4 is 23.5 Å². The summed E-state index contributed by atoms with van der Waals surface area (Å²) < 4.78 is 46.9. The number of carbonyl (C=O) groups is 2. The molecule has 1 saturated carbocycles. The number of likely N-dealkylation sites (tertiary alicyclic amines) is 1. The smallest absolute Gasteiger partial charge is 0.418 e. The number of hydrogen-bond acceptors (Lipinski definition) is 6. The maximum Gasteiger partial charge on any atom is 0.418 e. The van der Waals surface area contributed by atoms with Gasteiger partial charge >= 0.3 is 12.3 Å². The first-order valence-corrected chi connectivity index (χ1v) is 9.79. The van der Waals surface area contributed by atoms with Gasteiger partial charge in [-0.05, 0) is 18.9 Å². The van der Waals surface area contributed by atoms with Crippen LogP contribution in [-0.4, -0.2) is 60.5 Å². The van der Waals surface area contributed by atoms with Crippen LogP contribution in [0.5, 0.6) is 0 Å². The molecule has 168 valence electrons. The Morgan fingerprint density at radius 3 is 2.69 bits per heavy atom. The highest BCUT2D eigenvalue weighted by molar-refractivity contribution is 6.00. The molecule has 1 aliphatic heterocycles. The summed E-state index contributed by atoms with van der Waals surface area (Å²) in [4.78, 5) is 26.5. The normalized spacial score (nSPS) is 17.8. The number of imidazole rings is 1. The largest absolute Gasteiger partial charge is 0.446 e. The Kier molecular flexibility index (Phi) is 4.39. The van der Waals surface area contributed by atoms with Crippen molar-refractivity contribution in [2.24, 2.45) is 12.5 Å². The number of nitrogens with zero attached hydrogens (tertiary/aromatic N) is 6. The Hall–Kier alpha value is -3.64. The summed E-state index contributed by atoms with van der Waals surface area (Å²) in [7, 11) is 1.84. The van der Waals surface area contributed by atoms with E-state index in [1.807, 2.05) is 17.8 Å². The van der Waals surface area contributed by atoms with Crippen LogP contribution < -0.4 is 5.32 Å². The molecule has 1 aliphatic carbocycles. The summed E-state index contributed by atoms with van der Waals surface area (Å²) in [6, 6.07) is 0.687. The first kappa shape index (κ1) is 20.3. The summed E-state index contributed by atoms with van der Waals surface area (Å²) in [6.45, 7) is 1.10. The predicted octanol–water partition coefficient (Wildman–Crippen LogP) is 2.33. The second kappa shape index (κ2) is 6.93. The number of fused-ring (bicyclic) bond motifs is 1. The van der Waals surface area contributed by atoms with Gasteiger partial charge in [-0.15, -0.1) is 5.10 Å². The molecule has 13 heteroatoms. The van der Waals surface area contributed by atoms with Gasteiger partial charge in [0.05, 0.1) is 18.0 Å². The third-order valence-electron chi connectivity index (χ3n) is 5.91. The molecular formula is C19H18F3N7O3. The summed E-state index contributed by atoms with van der Waals surface area (Å²) in [6.07, 6.45) is 1.01. The molecule has 5 rings (SSSR count). The minimum atomic E-state index is -4.59. The zero-order valence-electron chi connectivity index (χ0n) is 16.8. The van der Waals surface area contributed by atoms with Crippen LogP contribution in [0.4, 0.5) is 23.8 Å². The van der Waals surface area contributed by atoms with E-state index in [1.54, 1.807) is 21.8 Å². The molecule has 2 amide bonds. The molecular weight excluding hydrogens is 431 g/mol. The second-order valence-electron chi connectivity index (χ2n) is 8.28. The molecule has 2 fully saturated rings. The maximum absolute atomic E-state index is 12.8. The Bertz CT molecular complexity index is 1200. The number of amides is 2. The van der Waals surface area contributed by atoms with Crippen molar-refractivity contribution in [1.29, 1.82) is 0 Å². The van der Waals surface area contributed by atoms with E-state index in [1.165, 1.54) is 0 Å². The number of anilines is 1. The molecule has 0 radical (unpaired) electrons. The number of carbonyl (C=O) groups excluding carboxylic acids is 2. The Morgan fingerprint density at radius 2 is 1.97 bits per heavy atom. The van der Waals surface area contributed by atoms with Crippen LogP contribution in [-0.2, 0) is 18.0 Å². The number of halogens is 3. The van der Waals surface area contributed by atoms with Gasteiger partial charge in [0.1, 0.15) is 17.3 Å². The quantitative estimate of drug-likeness (QED) is 0.658. The van der Waals surface area contributed by atoms with Gasteiger partial charge in [-0.2, -0.15) is 23.4 Å². The van der Waals surface area contributed by atoms with Gasteiger partial charge < -0.3 is 14.2 Å². The fourth-order valence-corrected chi connectivity index (χ4v) is 4.39. The summed E-state index contributed by atoms with van der Waals surface area (Å²) in [5.41, 5.74) is 0.133. The molecule has 1 saturated heterocycles. The molecule has 32 heavy (non-hydrogen) atoms. The molecule has 3 aromatic heterocycles. The van der Waals surface area contributed by atoms with E-state index in [4.69, 9.17) is 4.74 Å². The lowest BCUT2D eigenvalue weighted by molar-refractivity contribution is -0.137. The fraction of sp³-hybridized carbons (Fsp3) is 0.421. The minimum Gasteiger partial charge on any atom is -0.446 e. The van der Waals surface area contributed by atoms with E-state index >= 15 is 0 Å². The topological polar surface area (TPSA) is 107 Å². The van der Waals surface area contributed by atoms with Gasteiger partial charge in [0, 0.05) is 37.9 Å². The third-order valence-corrected chi connectivity index (χ3v) is 5.91. The number of aryl methyl sites for hydroxylation is 1. The zero-order chi connectivity index (χ0) is 22.7. The molecule has 0 unspecified atom stereocenters. The van der Waals surface area contributed by atoms with Crippen LogP contribution in [0.2, 0.25) is 0 Å². The average Bonchev–Trinajstić information content (AvgIpc) is 3.25. The summed E-state index contributed by atoms with van der Waals surface area (Å²) in [5, 5.41) is 13.1. The average molecular weight is 449 g/mol. The SMILES string of the molecule is Cn1ccn2ncc(C(=O)N3CC4(CC(OC(=O)Nc5cc(C(F)(F)F)cnn5)C4)C3)c12. The molecule has 1 spiro atoms. The molecule has 0 atom stereocenters. The number of hydrogen-bond donors (Lipinski definition) is 1. The number of aromatic nitrogens is 5. The fourth-order valence-electron chi connectivity index (χ4n) is 4.39. The van der Waals surface area contributed by atoms with Crippen molar-refractivity contribution in [3.8, 4) is 0 Å². The zero-order valence-corrected chi connectivity index (χ0v) is 16.8. The van der Waals surface area contributed by atoms with Gasteiger partial charge in [0.15, 0.2) is 5.82 Å². The molecule has 0 bridgehead atoms. The van der Waals surface area contributed by atoms with Crippen LogP contribution >= 0.6 is 0 Å². The highest BCUT2D eigenvalue weighted by Gasteiger charge is 2.55. The first-order valence-electron chi connectivity index (χ1n) is 9.79. The van der Waals surface area contributed by atoms with Crippen molar-refractivity contribution in [2.45, 2.75) is 25.1 Å². The van der Waals surface area contributed by atoms with Crippen molar-refractivity contribution in [2.75, 3.05) is 18.4 Å². The van der Waals surface area contributed by atoms with Crippen molar-refractivity contribution in [1.82, 2.24) is 29.3 Å². The number of rotatable bonds is 3. The number of alkyl halides is 3. The molecule has 0 aromatic carbocycles. The van der Waals surface area contributed by atoms with Crippen LogP contribution in [0.1, 0.15) is 28.8 Å². The highest BCUT2D eigenvalue weighted by Crippen LogP contribution is 2.50. The van der Waals surface area contributed by atoms with Crippen molar-refractivity contribution in [3.05, 3.63) is 42.0 Å². The van der Waals surface area contributed by atoms with Crippen molar-refractivity contribution in [3.63, 3.8) is 0 Å². The number of ether oxygens (including phenoxy) is 1. The van der Waals surface area contributed by atoms with E-state index in [9.17, 15) is 22.8 Å².